The van der Waals surface area contributed by atoms with Crippen molar-refractivity contribution in [2.75, 3.05) is 11.9 Å². The van der Waals surface area contributed by atoms with Crippen molar-refractivity contribution in [3.8, 4) is 5.75 Å². The van der Waals surface area contributed by atoms with Crippen LogP contribution >= 0.6 is 34.8 Å². The number of para-hydroxylation sites is 1. The first kappa shape index (κ1) is 25.4. The zero-order valence-electron chi connectivity index (χ0n) is 20.5. The largest absolute Gasteiger partial charge is 0.508 e. The summed E-state index contributed by atoms with van der Waals surface area (Å²) in [4.78, 5) is 52.7. The molecule has 3 fully saturated rings. The third-order valence-electron chi connectivity index (χ3n) is 8.68. The van der Waals surface area contributed by atoms with Gasteiger partial charge in [-0.15, -0.1) is 23.2 Å². The summed E-state index contributed by atoms with van der Waals surface area (Å²) in [5.41, 5.74) is 2.14. The van der Waals surface area contributed by atoms with E-state index in [9.17, 15) is 24.3 Å². The van der Waals surface area contributed by atoms with Gasteiger partial charge in [0, 0.05) is 23.6 Å². The van der Waals surface area contributed by atoms with Gasteiger partial charge in [-0.3, -0.25) is 24.1 Å². The summed E-state index contributed by atoms with van der Waals surface area (Å²) in [5.74, 6) is -5.36. The molecule has 6 atom stereocenters. The Kier molecular flexibility index (Phi) is 5.56. The lowest BCUT2D eigenvalue weighted by Crippen LogP contribution is -2.60. The SMILES string of the molecule is Cc1ccc(N2C(=O)[C@H]3[C@H](CC=C4[C@H]3C[C@@]3(Cl)C(=O)N(C)C(=O)[C@@]3(Cl)[C@H]4c3ccccc3O)C2=O)cc1Cl. The van der Waals surface area contributed by atoms with Gasteiger partial charge in [0.25, 0.3) is 11.8 Å². The summed E-state index contributed by atoms with van der Waals surface area (Å²) >= 11 is 20.5. The van der Waals surface area contributed by atoms with E-state index < -0.39 is 51.1 Å². The molecule has 2 aromatic carbocycles. The lowest BCUT2D eigenvalue weighted by Gasteiger charge is -2.50. The van der Waals surface area contributed by atoms with Crippen LogP contribution in [0.15, 0.2) is 54.1 Å². The highest BCUT2D eigenvalue weighted by molar-refractivity contribution is 6.53. The second-order valence-electron chi connectivity index (χ2n) is 10.5. The highest BCUT2D eigenvalue weighted by Gasteiger charge is 2.76. The molecule has 0 aromatic heterocycles. The van der Waals surface area contributed by atoms with Crippen molar-refractivity contribution in [2.45, 2.75) is 35.4 Å². The van der Waals surface area contributed by atoms with Crippen molar-refractivity contribution in [2.24, 2.45) is 17.8 Å². The number of likely N-dealkylation sites (tertiary alicyclic amines) is 1. The van der Waals surface area contributed by atoms with Crippen molar-refractivity contribution in [3.63, 3.8) is 0 Å². The zero-order valence-corrected chi connectivity index (χ0v) is 22.7. The van der Waals surface area contributed by atoms with E-state index in [-0.39, 0.29) is 24.5 Å². The number of hydrogen-bond donors (Lipinski definition) is 1. The van der Waals surface area contributed by atoms with Gasteiger partial charge in [-0.1, -0.05) is 47.5 Å². The number of halogens is 3. The third-order valence-corrected chi connectivity index (χ3v) is 10.5. The topological polar surface area (TPSA) is 95.0 Å². The maximum Gasteiger partial charge on any atom is 0.253 e. The number of amides is 4. The molecule has 0 spiro atoms. The van der Waals surface area contributed by atoms with Crippen LogP contribution < -0.4 is 4.90 Å². The van der Waals surface area contributed by atoms with E-state index in [1.54, 1.807) is 36.4 Å². The first-order valence-electron chi connectivity index (χ1n) is 12.3. The van der Waals surface area contributed by atoms with Crippen LogP contribution in [0, 0.1) is 24.7 Å². The van der Waals surface area contributed by atoms with Crippen LogP contribution in [0.2, 0.25) is 5.02 Å². The summed E-state index contributed by atoms with van der Waals surface area (Å²) in [7, 11) is 1.33. The molecular formula is C28H23Cl3N2O5. The van der Waals surface area contributed by atoms with Crippen molar-refractivity contribution >= 4 is 64.1 Å². The highest BCUT2D eigenvalue weighted by atomic mass is 35.5. The number of carbonyl (C=O) groups is 4. The quantitative estimate of drug-likeness (QED) is 0.323. The molecule has 2 heterocycles. The molecule has 4 amide bonds. The molecule has 2 saturated heterocycles. The number of aryl methyl sites for hydroxylation is 1. The fourth-order valence-corrected chi connectivity index (χ4v) is 7.98. The maximum atomic E-state index is 13.9. The molecule has 0 unspecified atom stereocenters. The lowest BCUT2D eigenvalue weighted by molar-refractivity contribution is -0.138. The van der Waals surface area contributed by atoms with Crippen molar-refractivity contribution in [3.05, 3.63) is 70.3 Å². The molecule has 2 aromatic rings. The zero-order chi connectivity index (χ0) is 27.3. The Labute approximate surface area is 233 Å². The second kappa shape index (κ2) is 8.31. The smallest absolute Gasteiger partial charge is 0.253 e. The predicted molar refractivity (Wildman–Crippen MR) is 142 cm³/mol. The minimum Gasteiger partial charge on any atom is -0.508 e. The molecular weight excluding hydrogens is 551 g/mol. The third kappa shape index (κ3) is 3.04. The molecule has 2 aliphatic carbocycles. The predicted octanol–water partition coefficient (Wildman–Crippen LogP) is 4.55. The van der Waals surface area contributed by atoms with Crippen LogP contribution in [0.3, 0.4) is 0 Å². The molecule has 10 heteroatoms. The number of fused-ring (bicyclic) bond motifs is 4. The fraction of sp³-hybridized carbons (Fsp3) is 0.357. The van der Waals surface area contributed by atoms with Crippen molar-refractivity contribution < 1.29 is 24.3 Å². The molecule has 0 radical (unpaired) electrons. The molecule has 1 saturated carbocycles. The Morgan fingerprint density at radius 1 is 0.974 bits per heavy atom. The number of hydrogen-bond acceptors (Lipinski definition) is 5. The van der Waals surface area contributed by atoms with Gasteiger partial charge in [0.1, 0.15) is 5.75 Å². The Morgan fingerprint density at radius 3 is 2.37 bits per heavy atom. The number of aromatic hydroxyl groups is 1. The number of anilines is 1. The lowest BCUT2D eigenvalue weighted by atomic mass is 9.56. The average molecular weight is 574 g/mol. The number of phenolic OH excluding ortho intramolecular Hbond substituents is 1. The number of alkyl halides is 2. The molecule has 7 nitrogen and oxygen atoms in total. The standard InChI is InChI=1S/C28H23Cl3N2O5/c1-13-7-8-14(11-19(13)29)33-23(35)17-10-9-15-18(21(17)24(33)36)12-27(30)25(37)32(2)26(38)28(27,31)22(15)16-5-3-4-6-20(16)34/h3-9,11,17-18,21-22,34H,10,12H2,1-2H3/t17-,18+,21-,22+,27+,28-/m0/s1. The van der Waals surface area contributed by atoms with Gasteiger partial charge in [0.15, 0.2) is 9.75 Å². The van der Waals surface area contributed by atoms with Gasteiger partial charge in [0.05, 0.1) is 17.5 Å². The summed E-state index contributed by atoms with van der Waals surface area (Å²) in [5, 5.41) is 11.3. The number of allylic oxidation sites excluding steroid dienone is 2. The summed E-state index contributed by atoms with van der Waals surface area (Å²) in [6.07, 6.45) is 1.96. The van der Waals surface area contributed by atoms with Gasteiger partial charge in [0.2, 0.25) is 11.8 Å². The minimum atomic E-state index is -1.93. The van der Waals surface area contributed by atoms with E-state index in [2.05, 4.69) is 0 Å². The molecule has 6 rings (SSSR count). The van der Waals surface area contributed by atoms with Crippen LogP contribution in [0.5, 0.6) is 5.75 Å². The van der Waals surface area contributed by atoms with Crippen LogP contribution in [-0.2, 0) is 19.2 Å². The average Bonchev–Trinajstić information content (AvgIpc) is 3.21. The number of rotatable bonds is 2. The maximum absolute atomic E-state index is 13.9. The van der Waals surface area contributed by atoms with E-state index >= 15 is 0 Å². The summed E-state index contributed by atoms with van der Waals surface area (Å²) in [6, 6.07) is 11.4. The van der Waals surface area contributed by atoms with Crippen LogP contribution in [-0.4, -0.2) is 50.4 Å². The number of carbonyl (C=O) groups excluding carboxylic acids is 4. The minimum absolute atomic E-state index is 0.106. The van der Waals surface area contributed by atoms with Crippen molar-refractivity contribution in [1.29, 1.82) is 0 Å². The second-order valence-corrected chi connectivity index (χ2v) is 12.2. The molecule has 196 valence electrons. The van der Waals surface area contributed by atoms with Crippen LogP contribution in [0.4, 0.5) is 5.69 Å². The number of nitrogens with zero attached hydrogens (tertiary/aromatic N) is 2. The Balaban J connectivity index is 1.52. The Bertz CT molecular complexity index is 1490. The van der Waals surface area contributed by atoms with E-state index in [4.69, 9.17) is 34.8 Å². The molecule has 38 heavy (non-hydrogen) atoms. The molecule has 4 aliphatic rings. The highest BCUT2D eigenvalue weighted by Crippen LogP contribution is 2.66. The number of phenols is 1. The normalized spacial score (nSPS) is 34.3. The van der Waals surface area contributed by atoms with Gasteiger partial charge < -0.3 is 5.11 Å². The fourth-order valence-electron chi connectivity index (χ4n) is 6.80. The van der Waals surface area contributed by atoms with E-state index in [1.807, 2.05) is 13.0 Å². The van der Waals surface area contributed by atoms with E-state index in [0.29, 0.717) is 21.8 Å². The summed E-state index contributed by atoms with van der Waals surface area (Å²) < 4.78 is 0. The first-order chi connectivity index (χ1) is 17.9. The molecule has 2 aliphatic heterocycles. The Morgan fingerprint density at radius 2 is 1.68 bits per heavy atom. The van der Waals surface area contributed by atoms with E-state index in [0.717, 1.165) is 15.4 Å². The molecule has 0 bridgehead atoms. The van der Waals surface area contributed by atoms with Gasteiger partial charge in [-0.25, -0.2) is 4.90 Å². The van der Waals surface area contributed by atoms with Crippen LogP contribution in [0.25, 0.3) is 0 Å². The van der Waals surface area contributed by atoms with Gasteiger partial charge in [-0.2, -0.15) is 0 Å². The number of benzene rings is 2. The van der Waals surface area contributed by atoms with E-state index in [1.165, 1.54) is 13.1 Å². The van der Waals surface area contributed by atoms with Crippen molar-refractivity contribution in [1.82, 2.24) is 4.90 Å². The number of imide groups is 2. The first-order valence-corrected chi connectivity index (χ1v) is 13.4. The monoisotopic (exact) mass is 572 g/mol. The van der Waals surface area contributed by atoms with Gasteiger partial charge >= 0.3 is 0 Å². The van der Waals surface area contributed by atoms with Crippen LogP contribution in [0.1, 0.15) is 29.9 Å². The summed E-state index contributed by atoms with van der Waals surface area (Å²) in [6.45, 7) is 1.83. The molecule has 1 N–H and O–H groups in total. The Hall–Kier alpha value is -2.87. The van der Waals surface area contributed by atoms with Gasteiger partial charge in [-0.05, 0) is 49.4 Å².